The summed E-state index contributed by atoms with van der Waals surface area (Å²) < 4.78 is 13.3. The van der Waals surface area contributed by atoms with Gasteiger partial charge in [0, 0.05) is 31.4 Å². The van der Waals surface area contributed by atoms with E-state index in [1.807, 2.05) is 11.0 Å². The lowest BCUT2D eigenvalue weighted by atomic mass is 10.1. The van der Waals surface area contributed by atoms with Crippen molar-refractivity contribution >= 4 is 17.7 Å². The third kappa shape index (κ3) is 4.91. The first-order valence-corrected chi connectivity index (χ1v) is 7.31. The molecule has 1 atom stereocenters. The minimum Gasteiger partial charge on any atom is -0.481 e. The van der Waals surface area contributed by atoms with E-state index >= 15 is 0 Å². The van der Waals surface area contributed by atoms with Gasteiger partial charge in [-0.2, -0.15) is 0 Å². The number of nitrogens with zero attached hydrogens (tertiary/aromatic N) is 1. The zero-order chi connectivity index (χ0) is 15.9. The summed E-state index contributed by atoms with van der Waals surface area (Å²) in [6.07, 6.45) is 1.64. The van der Waals surface area contributed by atoms with Crippen molar-refractivity contribution in [3.63, 3.8) is 0 Å². The number of carboxylic acids is 1. The first kappa shape index (κ1) is 16.1. The number of halogens is 1. The fourth-order valence-electron chi connectivity index (χ4n) is 2.52. The highest BCUT2D eigenvalue weighted by molar-refractivity contribution is 5.75. The van der Waals surface area contributed by atoms with Crippen molar-refractivity contribution in [2.24, 2.45) is 0 Å². The lowest BCUT2D eigenvalue weighted by Gasteiger charge is -2.34. The summed E-state index contributed by atoms with van der Waals surface area (Å²) >= 11 is 0. The van der Waals surface area contributed by atoms with Crippen molar-refractivity contribution in [1.29, 1.82) is 0 Å². The largest absolute Gasteiger partial charge is 0.481 e. The summed E-state index contributed by atoms with van der Waals surface area (Å²) in [6.45, 7) is 1.53. The molecule has 120 valence electrons. The molecule has 1 saturated heterocycles. The van der Waals surface area contributed by atoms with Gasteiger partial charge in [-0.1, -0.05) is 6.07 Å². The topological polar surface area (TPSA) is 81.7 Å². The molecule has 1 fully saturated rings. The molecule has 0 aromatic heterocycles. The number of carbonyl (C=O) groups is 2. The number of rotatable bonds is 5. The normalized spacial score (nSPS) is 17.9. The van der Waals surface area contributed by atoms with Crippen molar-refractivity contribution in [2.45, 2.75) is 25.3 Å². The van der Waals surface area contributed by atoms with Crippen LogP contribution in [0.25, 0.3) is 0 Å². The summed E-state index contributed by atoms with van der Waals surface area (Å²) in [4.78, 5) is 24.1. The number of hydrogen-bond acceptors (Lipinski definition) is 3. The van der Waals surface area contributed by atoms with Gasteiger partial charge in [0.25, 0.3) is 0 Å². The van der Waals surface area contributed by atoms with Crippen molar-refractivity contribution in [3.8, 4) is 0 Å². The van der Waals surface area contributed by atoms with E-state index in [4.69, 9.17) is 5.11 Å². The second-order valence-corrected chi connectivity index (χ2v) is 5.31. The Hall–Kier alpha value is -2.31. The molecule has 0 spiro atoms. The number of urea groups is 1. The van der Waals surface area contributed by atoms with Crippen molar-refractivity contribution < 1.29 is 19.1 Å². The van der Waals surface area contributed by atoms with Gasteiger partial charge >= 0.3 is 12.0 Å². The van der Waals surface area contributed by atoms with Gasteiger partial charge in [0.1, 0.15) is 5.82 Å². The second kappa shape index (κ2) is 7.63. The lowest BCUT2D eigenvalue weighted by molar-refractivity contribution is -0.136. The fourth-order valence-corrected chi connectivity index (χ4v) is 2.52. The van der Waals surface area contributed by atoms with Gasteiger partial charge in [0.15, 0.2) is 0 Å². The van der Waals surface area contributed by atoms with E-state index < -0.39 is 5.97 Å². The third-order valence-corrected chi connectivity index (χ3v) is 3.55. The van der Waals surface area contributed by atoms with Crippen molar-refractivity contribution in [3.05, 3.63) is 30.1 Å². The Labute approximate surface area is 128 Å². The molecule has 6 nitrogen and oxygen atoms in total. The van der Waals surface area contributed by atoms with Crippen LogP contribution in [0.4, 0.5) is 14.9 Å². The van der Waals surface area contributed by atoms with E-state index in [2.05, 4.69) is 10.6 Å². The van der Waals surface area contributed by atoms with Crippen LogP contribution >= 0.6 is 0 Å². The highest BCUT2D eigenvalue weighted by Crippen LogP contribution is 2.20. The quantitative estimate of drug-likeness (QED) is 0.771. The Morgan fingerprint density at radius 2 is 2.23 bits per heavy atom. The van der Waals surface area contributed by atoms with Crippen LogP contribution in [0.5, 0.6) is 0 Å². The maximum absolute atomic E-state index is 13.3. The van der Waals surface area contributed by atoms with Gasteiger partial charge in [-0.3, -0.25) is 4.79 Å². The molecule has 1 aliphatic rings. The first-order valence-electron chi connectivity index (χ1n) is 7.31. The number of amides is 2. The van der Waals surface area contributed by atoms with E-state index in [0.717, 1.165) is 25.1 Å². The van der Waals surface area contributed by atoms with E-state index in [-0.39, 0.29) is 30.9 Å². The highest BCUT2D eigenvalue weighted by atomic mass is 19.1. The van der Waals surface area contributed by atoms with Crippen molar-refractivity contribution in [1.82, 2.24) is 10.6 Å². The second-order valence-electron chi connectivity index (χ2n) is 5.31. The minimum absolute atomic E-state index is 0.0400. The third-order valence-electron chi connectivity index (χ3n) is 3.55. The molecular weight excluding hydrogens is 289 g/mol. The summed E-state index contributed by atoms with van der Waals surface area (Å²) in [5.74, 6) is -1.23. The number of anilines is 1. The molecule has 2 rings (SSSR count). The van der Waals surface area contributed by atoms with Gasteiger partial charge < -0.3 is 20.6 Å². The summed E-state index contributed by atoms with van der Waals surface area (Å²) in [5.41, 5.74) is 0.804. The van der Waals surface area contributed by atoms with Gasteiger partial charge in [-0.05, 0) is 31.0 Å². The number of carbonyl (C=O) groups excluding carboxylic acids is 1. The standard InChI is InChI=1S/C15H20FN3O3/c16-11-3-1-5-13(9-11)19-8-2-4-12(10-19)18-15(22)17-7-6-14(20)21/h1,3,5,9,12H,2,4,6-8,10H2,(H,20,21)(H2,17,18,22). The molecule has 1 aromatic carbocycles. The molecule has 2 amide bonds. The van der Waals surface area contributed by atoms with Crippen LogP contribution in [0.1, 0.15) is 19.3 Å². The Kier molecular flexibility index (Phi) is 5.57. The van der Waals surface area contributed by atoms with E-state index in [1.54, 1.807) is 6.07 Å². The first-order chi connectivity index (χ1) is 10.5. The lowest BCUT2D eigenvalue weighted by Crippen LogP contribution is -2.50. The molecule has 0 radical (unpaired) electrons. The molecule has 0 aliphatic carbocycles. The van der Waals surface area contributed by atoms with Gasteiger partial charge in [0.2, 0.25) is 0 Å². The molecule has 1 aliphatic heterocycles. The zero-order valence-electron chi connectivity index (χ0n) is 12.2. The monoisotopic (exact) mass is 309 g/mol. The molecular formula is C15H20FN3O3. The van der Waals surface area contributed by atoms with Crippen LogP contribution < -0.4 is 15.5 Å². The molecule has 7 heteroatoms. The summed E-state index contributed by atoms with van der Waals surface area (Å²) in [5, 5.41) is 13.9. The van der Waals surface area contributed by atoms with E-state index in [9.17, 15) is 14.0 Å². The number of piperidine rings is 1. The Morgan fingerprint density at radius 3 is 2.95 bits per heavy atom. The number of benzene rings is 1. The predicted octanol–water partition coefficient (Wildman–Crippen LogP) is 1.57. The molecule has 22 heavy (non-hydrogen) atoms. The van der Waals surface area contributed by atoms with Crippen LogP contribution in [-0.4, -0.2) is 42.8 Å². The van der Waals surface area contributed by atoms with Gasteiger partial charge in [-0.25, -0.2) is 9.18 Å². The SMILES string of the molecule is O=C(O)CCNC(=O)NC1CCCN(c2cccc(F)c2)C1. The smallest absolute Gasteiger partial charge is 0.315 e. The van der Waals surface area contributed by atoms with Crippen LogP contribution in [-0.2, 0) is 4.79 Å². The van der Waals surface area contributed by atoms with Gasteiger partial charge in [-0.15, -0.1) is 0 Å². The fraction of sp³-hybridized carbons (Fsp3) is 0.467. The summed E-state index contributed by atoms with van der Waals surface area (Å²) in [7, 11) is 0. The average Bonchev–Trinajstić information content (AvgIpc) is 2.47. The molecule has 0 bridgehead atoms. The Balaban J connectivity index is 1.83. The molecule has 1 unspecified atom stereocenters. The zero-order valence-corrected chi connectivity index (χ0v) is 12.2. The molecule has 1 aromatic rings. The number of carboxylic acid groups (broad SMARTS) is 1. The van der Waals surface area contributed by atoms with E-state index in [1.165, 1.54) is 12.1 Å². The van der Waals surface area contributed by atoms with Crippen LogP contribution in [0.15, 0.2) is 24.3 Å². The van der Waals surface area contributed by atoms with E-state index in [0.29, 0.717) is 6.54 Å². The Bertz CT molecular complexity index is 539. The average molecular weight is 309 g/mol. The predicted molar refractivity (Wildman–Crippen MR) is 80.4 cm³/mol. The molecule has 1 heterocycles. The molecule has 3 N–H and O–H groups in total. The summed E-state index contributed by atoms with van der Waals surface area (Å²) in [6, 6.07) is 5.99. The van der Waals surface area contributed by atoms with Gasteiger partial charge in [0.05, 0.1) is 6.42 Å². The Morgan fingerprint density at radius 1 is 1.41 bits per heavy atom. The van der Waals surface area contributed by atoms with Crippen molar-refractivity contribution in [2.75, 3.05) is 24.5 Å². The number of nitrogens with one attached hydrogen (secondary N) is 2. The van der Waals surface area contributed by atoms with Crippen LogP contribution in [0.3, 0.4) is 0 Å². The highest BCUT2D eigenvalue weighted by Gasteiger charge is 2.21. The maximum atomic E-state index is 13.3. The minimum atomic E-state index is -0.949. The number of hydrogen-bond donors (Lipinski definition) is 3. The molecule has 0 saturated carbocycles. The van der Waals surface area contributed by atoms with Crippen LogP contribution in [0.2, 0.25) is 0 Å². The van der Waals surface area contributed by atoms with Crippen LogP contribution in [0, 0.1) is 5.82 Å². The maximum Gasteiger partial charge on any atom is 0.315 e. The number of aliphatic carboxylic acids is 1.